The lowest BCUT2D eigenvalue weighted by Gasteiger charge is -2.13. The lowest BCUT2D eigenvalue weighted by molar-refractivity contribution is -0.114. The molecule has 0 aliphatic heterocycles. The quantitative estimate of drug-likeness (QED) is 0.0786. The van der Waals surface area contributed by atoms with E-state index in [0.717, 1.165) is 9.81 Å². The minimum absolute atomic E-state index is 0.0187. The van der Waals surface area contributed by atoms with Gasteiger partial charge in [-0.3, -0.25) is 24.0 Å². The summed E-state index contributed by atoms with van der Waals surface area (Å²) in [5.41, 5.74) is 2.43. The second kappa shape index (κ2) is 38.1. The molecular weight excluding hydrogens is 913 g/mol. The van der Waals surface area contributed by atoms with E-state index in [1.807, 2.05) is 83.1 Å². The van der Waals surface area contributed by atoms with E-state index in [4.69, 9.17) is 0 Å². The molecule has 0 aliphatic carbocycles. The van der Waals surface area contributed by atoms with Crippen molar-refractivity contribution >= 4 is 87.7 Å². The monoisotopic (exact) mass is 1010 g/mol. The van der Waals surface area contributed by atoms with Gasteiger partial charge >= 0.3 is 0 Å². The van der Waals surface area contributed by atoms with Crippen LogP contribution >= 0.6 is 58.8 Å². The molecule has 0 atom stereocenters. The normalized spacial score (nSPS) is 13.5. The van der Waals surface area contributed by atoms with Crippen LogP contribution in [0.25, 0.3) is 0 Å². The smallest absolute Gasteiger partial charge is 0.169 e. The van der Waals surface area contributed by atoms with Gasteiger partial charge in [-0.05, 0) is 60.3 Å². The van der Waals surface area contributed by atoms with Crippen LogP contribution in [0, 0.1) is 29.6 Å². The van der Waals surface area contributed by atoms with Crippen LogP contribution in [0.3, 0.4) is 0 Å². The Morgan fingerprint density at radius 2 is 0.400 bits per heavy atom. The summed E-state index contributed by atoms with van der Waals surface area (Å²) in [7, 11) is 0. The average molecular weight is 1010 g/mol. The molecule has 8 nitrogen and oxygen atoms in total. The van der Waals surface area contributed by atoms with Gasteiger partial charge in [0.05, 0.1) is 14.7 Å². The second-order valence-corrected chi connectivity index (χ2v) is 26.5. The summed E-state index contributed by atoms with van der Waals surface area (Å²) in [4.78, 5) is 59.7. The van der Waals surface area contributed by atoms with Crippen molar-refractivity contribution in [1.82, 2.24) is 0 Å². The molecule has 0 amide bonds. The summed E-state index contributed by atoms with van der Waals surface area (Å²) in [5, 5.41) is 30.8. The van der Waals surface area contributed by atoms with Gasteiger partial charge in [-0.2, -0.15) is 0 Å². The zero-order valence-electron chi connectivity index (χ0n) is 45.7. The molecule has 0 fully saturated rings. The molecule has 65 heavy (non-hydrogen) atoms. The molecule has 0 spiro atoms. The van der Waals surface area contributed by atoms with Crippen LogP contribution in [-0.2, 0) is 24.0 Å². The first kappa shape index (κ1) is 72.2. The van der Waals surface area contributed by atoms with E-state index >= 15 is 0 Å². The standard InChI is InChI=1S/2C11H20OS.3C10H18O2S/c2*1-7(2)9(5)11(10(6)12)13-8(3)4;3*1-6(2)9(12)10(8(5)11)13-7(3)4/h2*7-8H,1-6H3;3*6-7,12H,1-5H3/b2*11-9-;3*10-9+. The predicted molar refractivity (Wildman–Crippen MR) is 296 cm³/mol. The molecule has 0 aromatic heterocycles. The molecule has 0 rings (SSSR count). The zero-order valence-corrected chi connectivity index (χ0v) is 49.8. The minimum Gasteiger partial charge on any atom is -0.511 e. The third-order valence-electron chi connectivity index (χ3n) is 8.15. The first-order chi connectivity index (χ1) is 29.3. The Kier molecular flexibility index (Phi) is 42.3. The van der Waals surface area contributed by atoms with Gasteiger partial charge in [0.1, 0.15) is 17.3 Å². The number of aliphatic hydroxyl groups excluding tert-OH is 3. The lowest BCUT2D eigenvalue weighted by Crippen LogP contribution is -2.05. The van der Waals surface area contributed by atoms with Crippen molar-refractivity contribution in [3.05, 3.63) is 52.9 Å². The van der Waals surface area contributed by atoms with Gasteiger partial charge < -0.3 is 15.3 Å². The first-order valence-corrected chi connectivity index (χ1v) is 27.3. The highest BCUT2D eigenvalue weighted by Gasteiger charge is 2.19. The van der Waals surface area contributed by atoms with E-state index < -0.39 is 0 Å². The van der Waals surface area contributed by atoms with Crippen LogP contribution in [0.5, 0.6) is 0 Å². The Hall–Kier alpha value is -1.80. The third kappa shape index (κ3) is 36.9. The molecule has 0 saturated heterocycles. The summed E-state index contributed by atoms with van der Waals surface area (Å²) in [6.07, 6.45) is 0. The minimum atomic E-state index is -0.0510. The van der Waals surface area contributed by atoms with Gasteiger partial charge in [-0.1, -0.05) is 150 Å². The summed E-state index contributed by atoms with van der Waals surface area (Å²) < 4.78 is 0. The highest BCUT2D eigenvalue weighted by molar-refractivity contribution is 8.05. The van der Waals surface area contributed by atoms with Crippen LogP contribution in [0.15, 0.2) is 52.9 Å². The van der Waals surface area contributed by atoms with Crippen molar-refractivity contribution in [3.63, 3.8) is 0 Å². The molecule has 380 valence electrons. The molecule has 3 N–H and O–H groups in total. The van der Waals surface area contributed by atoms with Crippen molar-refractivity contribution in [2.24, 2.45) is 29.6 Å². The van der Waals surface area contributed by atoms with Gasteiger partial charge in [0.2, 0.25) is 0 Å². The van der Waals surface area contributed by atoms with Crippen LogP contribution in [0.2, 0.25) is 0 Å². The molecule has 0 heterocycles. The fraction of sp³-hybridized carbons (Fsp3) is 0.712. The van der Waals surface area contributed by atoms with Crippen molar-refractivity contribution in [1.29, 1.82) is 0 Å². The highest BCUT2D eigenvalue weighted by Crippen LogP contribution is 2.31. The Bertz CT molecular complexity index is 1360. The van der Waals surface area contributed by atoms with E-state index in [1.54, 1.807) is 37.4 Å². The maximum absolute atomic E-state index is 11.3. The Balaban J connectivity index is -0.000000231. The Morgan fingerprint density at radius 3 is 0.492 bits per heavy atom. The molecule has 0 aromatic carbocycles. The Labute approximate surface area is 420 Å². The van der Waals surface area contributed by atoms with Crippen molar-refractivity contribution in [2.45, 2.75) is 213 Å². The van der Waals surface area contributed by atoms with E-state index in [9.17, 15) is 39.3 Å². The van der Waals surface area contributed by atoms with Crippen molar-refractivity contribution < 1.29 is 39.3 Å². The van der Waals surface area contributed by atoms with Crippen LogP contribution in [-0.4, -0.2) is 70.5 Å². The fourth-order valence-corrected chi connectivity index (χ4v) is 9.47. The van der Waals surface area contributed by atoms with Gasteiger partial charge in [0.15, 0.2) is 28.9 Å². The number of carbonyl (C=O) groups is 5. The third-order valence-corrected chi connectivity index (χ3v) is 14.4. The lowest BCUT2D eigenvalue weighted by atomic mass is 10.0. The number of thioether (sulfide) groups is 5. The largest absolute Gasteiger partial charge is 0.511 e. The number of allylic oxidation sites excluding steroid dienone is 10. The van der Waals surface area contributed by atoms with E-state index in [1.165, 1.54) is 67.2 Å². The molecule has 0 saturated carbocycles. The van der Waals surface area contributed by atoms with E-state index in [2.05, 4.69) is 69.2 Å². The van der Waals surface area contributed by atoms with Gasteiger partial charge in [0, 0.05) is 53.8 Å². The molecular formula is C52H94O8S5. The number of hydrogen-bond donors (Lipinski definition) is 3. The van der Waals surface area contributed by atoms with E-state index in [-0.39, 0.29) is 63.9 Å². The van der Waals surface area contributed by atoms with Gasteiger partial charge in [-0.25, -0.2) is 0 Å². The topological polar surface area (TPSA) is 146 Å². The van der Waals surface area contributed by atoms with Crippen molar-refractivity contribution in [3.8, 4) is 0 Å². The molecule has 0 aromatic rings. The second-order valence-electron chi connectivity index (χ2n) is 18.6. The summed E-state index contributed by atoms with van der Waals surface area (Å²) in [5.74, 6) is 1.87. The Morgan fingerprint density at radius 1 is 0.262 bits per heavy atom. The first-order valence-electron chi connectivity index (χ1n) is 22.9. The SMILES string of the molecule is CC(=O)/C(SC(C)C)=C(\C)C(C)C.CC(=O)/C(SC(C)C)=C(\C)C(C)C.CC(=O)/C(SC(C)C)=C(\O)C(C)C.CC(=O)/C(SC(C)C)=C(\O)C(C)C.CC(=O)/C(SC(C)C)=C(\O)C(C)C. The maximum Gasteiger partial charge on any atom is 0.169 e. The van der Waals surface area contributed by atoms with Gasteiger partial charge in [0.25, 0.3) is 0 Å². The number of hydrogen-bond acceptors (Lipinski definition) is 13. The van der Waals surface area contributed by atoms with Crippen molar-refractivity contribution in [2.75, 3.05) is 0 Å². The maximum atomic E-state index is 11.3. The van der Waals surface area contributed by atoms with Crippen LogP contribution < -0.4 is 0 Å². The number of aliphatic hydroxyl groups is 3. The number of Topliss-reactive ketones (excluding diaryl/α,β-unsaturated/α-hetero) is 5. The summed E-state index contributed by atoms with van der Waals surface area (Å²) in [6, 6.07) is 0. The average Bonchev–Trinajstić information content (AvgIpc) is 3.14. The molecule has 13 heteroatoms. The summed E-state index contributed by atoms with van der Waals surface area (Å²) >= 11 is 7.62. The number of carbonyl (C=O) groups excluding carboxylic acids is 5. The molecule has 0 bridgehead atoms. The van der Waals surface area contributed by atoms with Crippen LogP contribution in [0.4, 0.5) is 0 Å². The molecule has 0 radical (unpaired) electrons. The summed E-state index contributed by atoms with van der Waals surface area (Å²) in [6.45, 7) is 52.1. The fourth-order valence-electron chi connectivity index (χ4n) is 4.37. The van der Waals surface area contributed by atoms with E-state index in [0.29, 0.717) is 52.8 Å². The zero-order chi connectivity index (χ0) is 53.0. The number of ketones is 5. The molecule has 0 aliphatic rings. The van der Waals surface area contributed by atoms with Crippen LogP contribution in [0.1, 0.15) is 187 Å². The predicted octanol–water partition coefficient (Wildman–Crippen LogP) is 16.7. The van der Waals surface area contributed by atoms with Gasteiger partial charge in [-0.15, -0.1) is 58.8 Å². The number of rotatable bonds is 20. The highest BCUT2D eigenvalue weighted by atomic mass is 32.2. The molecule has 0 unspecified atom stereocenters.